The van der Waals surface area contributed by atoms with E-state index in [1.165, 1.54) is 30.3 Å². The molecular formula is C18H12F3NO5. The van der Waals surface area contributed by atoms with E-state index in [1.807, 2.05) is 0 Å². The quantitative estimate of drug-likeness (QED) is 0.367. The van der Waals surface area contributed by atoms with Gasteiger partial charge in [0.2, 0.25) is 0 Å². The van der Waals surface area contributed by atoms with Crippen molar-refractivity contribution >= 4 is 16.7 Å². The molecule has 9 heteroatoms. The number of rotatable bonds is 4. The van der Waals surface area contributed by atoms with Crippen molar-refractivity contribution < 1.29 is 27.2 Å². The molecule has 0 saturated carbocycles. The second-order valence-corrected chi connectivity index (χ2v) is 5.75. The third kappa shape index (κ3) is 3.91. The van der Waals surface area contributed by atoms with Gasteiger partial charge in [0.25, 0.3) is 5.69 Å². The first-order valence-electron chi connectivity index (χ1n) is 7.71. The van der Waals surface area contributed by atoms with E-state index >= 15 is 0 Å². The van der Waals surface area contributed by atoms with Gasteiger partial charge in [-0.2, -0.15) is 13.2 Å². The van der Waals surface area contributed by atoms with Crippen molar-refractivity contribution in [2.75, 3.05) is 0 Å². The van der Waals surface area contributed by atoms with Crippen LogP contribution < -0.4 is 10.4 Å². The number of nitrogens with zero attached hydrogens (tertiary/aromatic N) is 1. The lowest BCUT2D eigenvalue weighted by Gasteiger charge is -2.16. The molecule has 6 nitrogen and oxygen atoms in total. The summed E-state index contributed by atoms with van der Waals surface area (Å²) in [6, 6.07) is 9.84. The first kappa shape index (κ1) is 18.4. The lowest BCUT2D eigenvalue weighted by atomic mass is 10.1. The van der Waals surface area contributed by atoms with Crippen LogP contribution in [0.5, 0.6) is 5.75 Å². The van der Waals surface area contributed by atoms with E-state index in [0.29, 0.717) is 11.6 Å². The van der Waals surface area contributed by atoms with Gasteiger partial charge in [-0.1, -0.05) is 12.1 Å². The van der Waals surface area contributed by atoms with Gasteiger partial charge in [-0.3, -0.25) is 10.1 Å². The molecular weight excluding hydrogens is 367 g/mol. The highest BCUT2D eigenvalue weighted by atomic mass is 19.4. The monoisotopic (exact) mass is 379 g/mol. The highest BCUT2D eigenvalue weighted by molar-refractivity contribution is 5.82. The van der Waals surface area contributed by atoms with Crippen LogP contribution in [-0.4, -0.2) is 4.92 Å². The number of fused-ring (bicyclic) bond motifs is 1. The fourth-order valence-corrected chi connectivity index (χ4v) is 2.61. The second-order valence-electron chi connectivity index (χ2n) is 5.75. The molecule has 0 amide bonds. The number of benzene rings is 2. The van der Waals surface area contributed by atoms with Crippen LogP contribution in [-0.2, 0) is 6.18 Å². The molecule has 140 valence electrons. The van der Waals surface area contributed by atoms with Gasteiger partial charge in [0.05, 0.1) is 10.5 Å². The summed E-state index contributed by atoms with van der Waals surface area (Å²) in [5, 5.41) is 10.6. The summed E-state index contributed by atoms with van der Waals surface area (Å²) in [7, 11) is 0. The van der Waals surface area contributed by atoms with Crippen LogP contribution in [0, 0.1) is 10.1 Å². The van der Waals surface area contributed by atoms with Gasteiger partial charge in [-0.25, -0.2) is 4.79 Å². The Hall–Kier alpha value is -3.36. The van der Waals surface area contributed by atoms with Crippen molar-refractivity contribution in [2.45, 2.75) is 19.2 Å². The molecule has 1 aromatic heterocycles. The molecule has 3 rings (SSSR count). The molecule has 1 atom stereocenters. The van der Waals surface area contributed by atoms with Gasteiger partial charge in [0.1, 0.15) is 17.4 Å². The molecule has 2 aromatic carbocycles. The normalized spacial score (nSPS) is 12.7. The number of nitro groups is 1. The average molecular weight is 379 g/mol. The fraction of sp³-hybridized carbons (Fsp3) is 0.167. The first-order chi connectivity index (χ1) is 12.6. The molecule has 27 heavy (non-hydrogen) atoms. The van der Waals surface area contributed by atoms with Gasteiger partial charge in [-0.05, 0) is 24.6 Å². The predicted octanol–water partition coefficient (Wildman–Crippen LogP) is 4.86. The molecule has 3 aromatic rings. The standard InChI is InChI=1S/C18H12F3NO5/c1-10(11-3-2-4-12(7-11)22(24)25)26-13-5-6-14-15(18(19,20)21)9-17(23)27-16(14)8-13/h2-10H,1H3. The lowest BCUT2D eigenvalue weighted by molar-refractivity contribution is -0.385. The summed E-state index contributed by atoms with van der Waals surface area (Å²) < 4.78 is 49.7. The van der Waals surface area contributed by atoms with Crippen molar-refractivity contribution in [3.63, 3.8) is 0 Å². The molecule has 1 unspecified atom stereocenters. The topological polar surface area (TPSA) is 82.6 Å². The minimum atomic E-state index is -4.70. The minimum Gasteiger partial charge on any atom is -0.486 e. The molecule has 0 fully saturated rings. The Morgan fingerprint density at radius 1 is 1.15 bits per heavy atom. The minimum absolute atomic E-state index is 0.109. The Labute approximate surface area is 149 Å². The van der Waals surface area contributed by atoms with Crippen LogP contribution >= 0.6 is 0 Å². The maximum atomic E-state index is 13.1. The molecule has 0 spiro atoms. The van der Waals surface area contributed by atoms with E-state index in [9.17, 15) is 28.1 Å². The van der Waals surface area contributed by atoms with Crippen LogP contribution in [0.25, 0.3) is 11.0 Å². The Morgan fingerprint density at radius 3 is 2.56 bits per heavy atom. The van der Waals surface area contributed by atoms with Crippen molar-refractivity contribution in [3.05, 3.63) is 80.2 Å². The van der Waals surface area contributed by atoms with Gasteiger partial charge < -0.3 is 9.15 Å². The fourth-order valence-electron chi connectivity index (χ4n) is 2.61. The summed E-state index contributed by atoms with van der Waals surface area (Å²) in [4.78, 5) is 21.8. The van der Waals surface area contributed by atoms with Crippen LogP contribution in [0.4, 0.5) is 18.9 Å². The maximum absolute atomic E-state index is 13.1. The number of hydrogen-bond acceptors (Lipinski definition) is 5. The summed E-state index contributed by atoms with van der Waals surface area (Å²) >= 11 is 0. The third-order valence-corrected chi connectivity index (χ3v) is 3.88. The van der Waals surface area contributed by atoms with Gasteiger partial charge in [0.15, 0.2) is 0 Å². The van der Waals surface area contributed by atoms with E-state index in [0.717, 1.165) is 6.07 Å². The highest BCUT2D eigenvalue weighted by Gasteiger charge is 2.33. The number of hydrogen-bond donors (Lipinski definition) is 0. The zero-order chi connectivity index (χ0) is 19.8. The van der Waals surface area contributed by atoms with E-state index in [1.54, 1.807) is 13.0 Å². The summed E-state index contributed by atoms with van der Waals surface area (Å²) in [5.74, 6) is 0.156. The van der Waals surface area contributed by atoms with Crippen LogP contribution in [0.15, 0.2) is 57.7 Å². The Kier molecular flexibility index (Phi) is 4.61. The predicted molar refractivity (Wildman–Crippen MR) is 89.6 cm³/mol. The number of ether oxygens (including phenoxy) is 1. The zero-order valence-corrected chi connectivity index (χ0v) is 13.8. The Balaban J connectivity index is 1.95. The lowest BCUT2D eigenvalue weighted by Crippen LogP contribution is -2.11. The van der Waals surface area contributed by atoms with Crippen molar-refractivity contribution in [2.24, 2.45) is 0 Å². The molecule has 0 saturated heterocycles. The highest BCUT2D eigenvalue weighted by Crippen LogP contribution is 2.35. The molecule has 0 bridgehead atoms. The van der Waals surface area contributed by atoms with Gasteiger partial charge in [0, 0.05) is 29.7 Å². The molecule has 0 aliphatic carbocycles. The van der Waals surface area contributed by atoms with Gasteiger partial charge in [-0.15, -0.1) is 0 Å². The number of non-ortho nitro benzene ring substituents is 1. The van der Waals surface area contributed by atoms with E-state index < -0.39 is 28.4 Å². The molecule has 0 aliphatic heterocycles. The van der Waals surface area contributed by atoms with Crippen LogP contribution in [0.2, 0.25) is 0 Å². The Bertz CT molecular complexity index is 1070. The molecule has 1 heterocycles. The summed E-state index contributed by atoms with van der Waals surface area (Å²) in [6.45, 7) is 1.63. The van der Waals surface area contributed by atoms with E-state index in [2.05, 4.69) is 0 Å². The SMILES string of the molecule is CC(Oc1ccc2c(C(F)(F)F)cc(=O)oc2c1)c1cccc([N+](=O)[O-])c1. The second kappa shape index (κ2) is 6.75. The smallest absolute Gasteiger partial charge is 0.417 e. The van der Waals surface area contributed by atoms with E-state index in [4.69, 9.17) is 9.15 Å². The van der Waals surface area contributed by atoms with Crippen molar-refractivity contribution in [1.82, 2.24) is 0 Å². The average Bonchev–Trinajstić information content (AvgIpc) is 2.60. The number of nitro benzene ring substituents is 1. The number of alkyl halides is 3. The van der Waals surface area contributed by atoms with Gasteiger partial charge >= 0.3 is 11.8 Å². The zero-order valence-electron chi connectivity index (χ0n) is 13.8. The number of halogens is 3. The Morgan fingerprint density at radius 2 is 1.89 bits per heavy atom. The van der Waals surface area contributed by atoms with E-state index in [-0.39, 0.29) is 22.4 Å². The summed E-state index contributed by atoms with van der Waals surface area (Å²) in [5.41, 5.74) is -2.08. The van der Waals surface area contributed by atoms with Crippen LogP contribution in [0.1, 0.15) is 24.2 Å². The van der Waals surface area contributed by atoms with Crippen molar-refractivity contribution in [3.8, 4) is 5.75 Å². The molecule has 0 radical (unpaired) electrons. The maximum Gasteiger partial charge on any atom is 0.417 e. The largest absolute Gasteiger partial charge is 0.486 e. The summed E-state index contributed by atoms with van der Waals surface area (Å²) in [6.07, 6.45) is -5.33. The first-order valence-corrected chi connectivity index (χ1v) is 7.71. The van der Waals surface area contributed by atoms with Crippen LogP contribution in [0.3, 0.4) is 0 Å². The molecule has 0 N–H and O–H groups in total. The molecule has 0 aliphatic rings. The third-order valence-electron chi connectivity index (χ3n) is 3.88. The van der Waals surface area contributed by atoms with Crippen molar-refractivity contribution in [1.29, 1.82) is 0 Å².